The number of anilines is 6. The van der Waals surface area contributed by atoms with Crippen LogP contribution in [0.15, 0.2) is 182 Å². The summed E-state index contributed by atoms with van der Waals surface area (Å²) in [5, 5.41) is 9.48. The molecule has 0 radical (unpaired) electrons. The van der Waals surface area contributed by atoms with Crippen molar-refractivity contribution in [2.45, 2.75) is 70.5 Å². The predicted octanol–water partition coefficient (Wildman–Crippen LogP) is 17.0. The molecular formula is C59H60N2Si3. The first kappa shape index (κ1) is 42.0. The Labute approximate surface area is 383 Å². The van der Waals surface area contributed by atoms with E-state index >= 15 is 0 Å². The highest BCUT2D eigenvalue weighted by Gasteiger charge is 2.60. The lowest BCUT2D eigenvalue weighted by Crippen LogP contribution is -2.63. The van der Waals surface area contributed by atoms with Crippen LogP contribution in [0.1, 0.15) is 16.7 Å². The molecule has 0 atom stereocenters. The third-order valence-electron chi connectivity index (χ3n) is 14.1. The van der Waals surface area contributed by atoms with Gasteiger partial charge in [0.05, 0.1) is 24.2 Å². The zero-order valence-electron chi connectivity index (χ0n) is 39.2. The average Bonchev–Trinajstić information content (AvgIpc) is 3.59. The summed E-state index contributed by atoms with van der Waals surface area (Å²) in [5.74, 6) is 0. The van der Waals surface area contributed by atoms with Gasteiger partial charge in [0.2, 0.25) is 0 Å². The molecule has 318 valence electrons. The molecule has 5 heteroatoms. The van der Waals surface area contributed by atoms with Gasteiger partial charge in [-0.05, 0) is 139 Å². The Morgan fingerprint density at radius 3 is 1.55 bits per heavy atom. The van der Waals surface area contributed by atoms with Crippen LogP contribution in [0.3, 0.4) is 0 Å². The number of fused-ring (bicyclic) bond motifs is 9. The van der Waals surface area contributed by atoms with Crippen molar-refractivity contribution >= 4 is 95.9 Å². The molecule has 0 N–H and O–H groups in total. The Morgan fingerprint density at radius 2 is 0.922 bits per heavy atom. The van der Waals surface area contributed by atoms with Gasteiger partial charge >= 0.3 is 0 Å². The number of aryl methyl sites for hydroxylation is 1. The second-order valence-corrected chi connectivity index (χ2v) is 37.1. The van der Waals surface area contributed by atoms with E-state index < -0.39 is 24.2 Å². The van der Waals surface area contributed by atoms with Crippen molar-refractivity contribution in [1.29, 1.82) is 0 Å². The number of hydrogen-bond acceptors (Lipinski definition) is 2. The smallest absolute Gasteiger partial charge is 0.0803 e. The zero-order chi connectivity index (χ0) is 44.8. The third kappa shape index (κ3) is 6.54. The van der Waals surface area contributed by atoms with Crippen LogP contribution < -0.4 is 15.0 Å². The Hall–Kier alpha value is -5.99. The molecule has 9 aromatic carbocycles. The van der Waals surface area contributed by atoms with Gasteiger partial charge in [0, 0.05) is 38.8 Å². The van der Waals surface area contributed by atoms with Crippen molar-refractivity contribution in [1.82, 2.24) is 0 Å². The summed E-state index contributed by atoms with van der Waals surface area (Å²) in [6.07, 6.45) is 0. The second kappa shape index (κ2) is 15.3. The molecule has 1 aliphatic carbocycles. The number of hydrogen-bond donors (Lipinski definition) is 0. The SMILES string of the molecule is Cc1ccccc1N(c1ccccc1)c1ccc2c3c(c4ccccc4c2c1)-c1cc2ccc(N(c4ccccc4)c4ccccc4[Si](C)(C)C)cc2cc1C3([Si](C)(C)C)[Si](C)(C)C. The molecule has 0 aliphatic heterocycles. The number of nitrogens with zero attached hydrogens (tertiary/aromatic N) is 2. The lowest BCUT2D eigenvalue weighted by Gasteiger charge is -2.51. The predicted molar refractivity (Wildman–Crippen MR) is 289 cm³/mol. The summed E-state index contributed by atoms with van der Waals surface area (Å²) in [6, 6.07) is 68.8. The van der Waals surface area contributed by atoms with Crippen molar-refractivity contribution in [3.8, 4) is 11.1 Å². The van der Waals surface area contributed by atoms with Crippen molar-refractivity contribution in [3.63, 3.8) is 0 Å². The monoisotopic (exact) mass is 880 g/mol. The highest BCUT2D eigenvalue weighted by molar-refractivity contribution is 7.00. The van der Waals surface area contributed by atoms with Crippen molar-refractivity contribution < 1.29 is 0 Å². The molecule has 10 rings (SSSR count). The van der Waals surface area contributed by atoms with Gasteiger partial charge < -0.3 is 9.80 Å². The maximum atomic E-state index is 2.66. The molecule has 0 fully saturated rings. The first-order valence-electron chi connectivity index (χ1n) is 23.0. The fraction of sp³-hybridized carbons (Fsp3) is 0.186. The molecule has 0 unspecified atom stereocenters. The van der Waals surface area contributed by atoms with E-state index in [1.165, 1.54) is 82.6 Å². The third-order valence-corrected chi connectivity index (χ3v) is 26.2. The van der Waals surface area contributed by atoms with Crippen molar-refractivity contribution in [3.05, 3.63) is 199 Å². The van der Waals surface area contributed by atoms with Gasteiger partial charge in [-0.25, -0.2) is 0 Å². The maximum Gasteiger partial charge on any atom is 0.0803 e. The Kier molecular flexibility index (Phi) is 10.1. The molecule has 64 heavy (non-hydrogen) atoms. The lowest BCUT2D eigenvalue weighted by atomic mass is 9.90. The van der Waals surface area contributed by atoms with E-state index in [9.17, 15) is 0 Å². The minimum absolute atomic E-state index is 0.0721. The van der Waals surface area contributed by atoms with Crippen LogP contribution in [0.5, 0.6) is 0 Å². The fourth-order valence-electron chi connectivity index (χ4n) is 11.9. The molecule has 2 nitrogen and oxygen atoms in total. The summed E-state index contributed by atoms with van der Waals surface area (Å²) in [6.45, 7) is 25.5. The number of para-hydroxylation sites is 4. The molecule has 9 aromatic rings. The first-order chi connectivity index (χ1) is 30.6. The van der Waals surface area contributed by atoms with Gasteiger partial charge in [0.25, 0.3) is 0 Å². The normalized spacial score (nSPS) is 13.6. The van der Waals surface area contributed by atoms with E-state index in [1.54, 1.807) is 11.1 Å². The minimum atomic E-state index is -2.08. The van der Waals surface area contributed by atoms with E-state index in [0.29, 0.717) is 0 Å². The number of rotatable bonds is 9. The van der Waals surface area contributed by atoms with Crippen molar-refractivity contribution in [2.24, 2.45) is 0 Å². The zero-order valence-corrected chi connectivity index (χ0v) is 42.2. The fourth-order valence-corrected chi connectivity index (χ4v) is 26.5. The molecule has 0 aromatic heterocycles. The summed E-state index contributed by atoms with van der Waals surface area (Å²) < 4.78 is -0.0721. The molecule has 1 aliphatic rings. The van der Waals surface area contributed by atoms with Gasteiger partial charge in [-0.2, -0.15) is 0 Å². The highest BCUT2D eigenvalue weighted by Crippen LogP contribution is 2.62. The Morgan fingerprint density at radius 1 is 0.391 bits per heavy atom. The first-order valence-corrected chi connectivity index (χ1v) is 33.5. The van der Waals surface area contributed by atoms with Gasteiger partial charge in [-0.1, -0.05) is 174 Å². The average molecular weight is 881 g/mol. The van der Waals surface area contributed by atoms with Gasteiger partial charge in [-0.3, -0.25) is 0 Å². The summed E-state index contributed by atoms with van der Waals surface area (Å²) in [7, 11) is -5.85. The summed E-state index contributed by atoms with van der Waals surface area (Å²) >= 11 is 0. The van der Waals surface area contributed by atoms with Crippen LogP contribution in [-0.2, 0) is 4.66 Å². The molecule has 0 saturated carbocycles. The van der Waals surface area contributed by atoms with E-state index in [4.69, 9.17) is 0 Å². The van der Waals surface area contributed by atoms with Gasteiger partial charge in [0.1, 0.15) is 0 Å². The van der Waals surface area contributed by atoms with Crippen LogP contribution in [-0.4, -0.2) is 24.2 Å². The van der Waals surface area contributed by atoms with E-state index in [0.717, 1.165) is 5.69 Å². The van der Waals surface area contributed by atoms with Crippen LogP contribution >= 0.6 is 0 Å². The highest BCUT2D eigenvalue weighted by atomic mass is 28.4. The number of benzene rings is 9. The van der Waals surface area contributed by atoms with Gasteiger partial charge in [-0.15, -0.1) is 0 Å². The lowest BCUT2D eigenvalue weighted by molar-refractivity contribution is 0.965. The van der Waals surface area contributed by atoms with Crippen LogP contribution in [0, 0.1) is 6.92 Å². The quantitative estimate of drug-likeness (QED) is 0.105. The van der Waals surface area contributed by atoms with Crippen LogP contribution in [0.2, 0.25) is 58.9 Å². The summed E-state index contributed by atoms with van der Waals surface area (Å²) in [5.41, 5.74) is 14.5. The standard InChI is InChI=1S/C59H60N2Si3/c1-41-23-17-20-30-54(41)60(44-24-13-11-14-25-44)47-35-36-50-51(40-47)48-28-18-19-29-49(48)57-52-38-42-33-34-46(37-43(42)39-53(52)59(58(50)57,63(5,6)7)64(8,9)10)61(45-26-15-12-16-27-45)55-31-21-22-32-56(55)62(2,3)4/h11-40H,1-10H3. The minimum Gasteiger partial charge on any atom is -0.311 e. The van der Waals surface area contributed by atoms with E-state index in [-0.39, 0.29) is 4.66 Å². The van der Waals surface area contributed by atoms with E-state index in [2.05, 4.69) is 258 Å². The molecular weight excluding hydrogens is 821 g/mol. The Bertz CT molecular complexity index is 3230. The van der Waals surface area contributed by atoms with Gasteiger partial charge in [0.15, 0.2) is 0 Å². The largest absolute Gasteiger partial charge is 0.311 e. The van der Waals surface area contributed by atoms with E-state index in [1.807, 2.05) is 0 Å². The second-order valence-electron chi connectivity index (χ2n) is 21.1. The molecule has 0 heterocycles. The molecule has 0 bridgehead atoms. The molecule has 0 saturated heterocycles. The van der Waals surface area contributed by atoms with Crippen LogP contribution in [0.4, 0.5) is 34.1 Å². The van der Waals surface area contributed by atoms with Crippen molar-refractivity contribution in [2.75, 3.05) is 9.80 Å². The Balaban J connectivity index is 1.26. The molecule has 0 spiro atoms. The maximum absolute atomic E-state index is 2.66. The summed E-state index contributed by atoms with van der Waals surface area (Å²) in [4.78, 5) is 4.95. The topological polar surface area (TPSA) is 6.48 Å². The molecule has 0 amide bonds. The van der Waals surface area contributed by atoms with Crippen LogP contribution in [0.25, 0.3) is 43.4 Å².